The number of nitrogens with zero attached hydrogens (tertiary/aromatic N) is 4. The molecule has 1 aromatic heterocycles. The van der Waals surface area contributed by atoms with Crippen molar-refractivity contribution in [1.82, 2.24) is 19.7 Å². The maximum atomic E-state index is 12.4. The Labute approximate surface area is 158 Å². The fourth-order valence-electron chi connectivity index (χ4n) is 2.68. The van der Waals surface area contributed by atoms with Crippen molar-refractivity contribution in [3.05, 3.63) is 65.7 Å². The molecule has 0 bridgehead atoms. The van der Waals surface area contributed by atoms with Crippen molar-refractivity contribution >= 4 is 17.7 Å². The van der Waals surface area contributed by atoms with E-state index in [2.05, 4.69) is 23.2 Å². The topological polar surface area (TPSA) is 51.0 Å². The molecule has 1 heterocycles. The Kier molecular flexibility index (Phi) is 5.73. The molecular formula is C20H22N4OS. The molecule has 0 N–H and O–H groups in total. The highest BCUT2D eigenvalue weighted by Crippen LogP contribution is 2.25. The number of carbonyl (C=O) groups is 1. The van der Waals surface area contributed by atoms with Crippen LogP contribution in [0, 0.1) is 6.92 Å². The number of thioether (sulfide) groups is 1. The van der Waals surface area contributed by atoms with Crippen LogP contribution in [-0.4, -0.2) is 38.4 Å². The summed E-state index contributed by atoms with van der Waals surface area (Å²) in [7, 11) is 3.76. The van der Waals surface area contributed by atoms with Gasteiger partial charge in [0.05, 0.1) is 5.75 Å². The summed E-state index contributed by atoms with van der Waals surface area (Å²) in [5.74, 6) is 1.22. The third-order valence-corrected chi connectivity index (χ3v) is 5.24. The van der Waals surface area contributed by atoms with Crippen LogP contribution in [0.1, 0.15) is 11.1 Å². The van der Waals surface area contributed by atoms with E-state index in [1.807, 2.05) is 67.2 Å². The van der Waals surface area contributed by atoms with Crippen molar-refractivity contribution in [2.24, 2.45) is 7.05 Å². The monoisotopic (exact) mass is 366 g/mol. The average molecular weight is 366 g/mol. The molecule has 3 rings (SSSR count). The lowest BCUT2D eigenvalue weighted by atomic mass is 10.1. The van der Waals surface area contributed by atoms with Crippen LogP contribution in [0.4, 0.5) is 0 Å². The Balaban J connectivity index is 1.63. The third-order valence-electron chi connectivity index (χ3n) is 4.23. The molecule has 0 radical (unpaired) electrons. The Bertz CT molecular complexity index is 892. The molecule has 0 aliphatic carbocycles. The van der Waals surface area contributed by atoms with E-state index in [0.717, 1.165) is 27.7 Å². The smallest absolute Gasteiger partial charge is 0.233 e. The van der Waals surface area contributed by atoms with Gasteiger partial charge in [-0.3, -0.25) is 4.79 Å². The van der Waals surface area contributed by atoms with Crippen LogP contribution in [0.5, 0.6) is 0 Å². The lowest BCUT2D eigenvalue weighted by Crippen LogP contribution is -2.27. The summed E-state index contributed by atoms with van der Waals surface area (Å²) in [6, 6.07) is 18.1. The number of aromatic nitrogens is 3. The molecule has 0 saturated heterocycles. The number of benzene rings is 2. The summed E-state index contributed by atoms with van der Waals surface area (Å²) in [6.45, 7) is 2.66. The lowest BCUT2D eigenvalue weighted by molar-refractivity contribution is -0.127. The maximum absolute atomic E-state index is 12.4. The Hall–Kier alpha value is -2.60. The molecule has 0 spiro atoms. The van der Waals surface area contributed by atoms with E-state index in [1.54, 1.807) is 4.90 Å². The minimum Gasteiger partial charge on any atom is -0.341 e. The number of amides is 1. The van der Waals surface area contributed by atoms with Crippen LogP contribution in [-0.2, 0) is 18.4 Å². The zero-order valence-electron chi connectivity index (χ0n) is 15.2. The van der Waals surface area contributed by atoms with Gasteiger partial charge in [0.15, 0.2) is 11.0 Å². The number of hydrogen-bond acceptors (Lipinski definition) is 4. The molecule has 0 atom stereocenters. The van der Waals surface area contributed by atoms with Crippen LogP contribution in [0.15, 0.2) is 59.8 Å². The van der Waals surface area contributed by atoms with Gasteiger partial charge in [-0.25, -0.2) is 0 Å². The van der Waals surface area contributed by atoms with Gasteiger partial charge in [-0.05, 0) is 18.1 Å². The van der Waals surface area contributed by atoms with E-state index in [1.165, 1.54) is 11.8 Å². The quantitative estimate of drug-likeness (QED) is 0.626. The van der Waals surface area contributed by atoms with Gasteiger partial charge in [0.2, 0.25) is 5.91 Å². The van der Waals surface area contributed by atoms with E-state index in [-0.39, 0.29) is 5.91 Å². The molecule has 0 aliphatic rings. The van der Waals surface area contributed by atoms with Crippen LogP contribution < -0.4 is 0 Å². The molecule has 0 aliphatic heterocycles. The number of hydrogen-bond donors (Lipinski definition) is 0. The van der Waals surface area contributed by atoms with Crippen molar-refractivity contribution in [3.63, 3.8) is 0 Å². The van der Waals surface area contributed by atoms with Crippen LogP contribution >= 0.6 is 11.8 Å². The summed E-state index contributed by atoms with van der Waals surface area (Å²) in [4.78, 5) is 14.1. The van der Waals surface area contributed by atoms with Gasteiger partial charge in [0.25, 0.3) is 0 Å². The third kappa shape index (κ3) is 4.14. The minimum absolute atomic E-state index is 0.0688. The molecule has 0 unspecified atom stereocenters. The van der Waals surface area contributed by atoms with Gasteiger partial charge < -0.3 is 9.47 Å². The predicted octanol–water partition coefficient (Wildman–Crippen LogP) is 3.54. The largest absolute Gasteiger partial charge is 0.341 e. The van der Waals surface area contributed by atoms with E-state index in [0.29, 0.717) is 12.3 Å². The molecule has 134 valence electrons. The normalized spacial score (nSPS) is 10.7. The molecule has 1 amide bonds. The second-order valence-electron chi connectivity index (χ2n) is 6.20. The van der Waals surface area contributed by atoms with Gasteiger partial charge in [-0.15, -0.1) is 10.2 Å². The molecule has 0 saturated carbocycles. The van der Waals surface area contributed by atoms with Crippen LogP contribution in [0.25, 0.3) is 11.4 Å². The molecule has 0 fully saturated rings. The molecule has 5 nitrogen and oxygen atoms in total. The Morgan fingerprint density at radius 2 is 1.77 bits per heavy atom. The fourth-order valence-corrected chi connectivity index (χ4v) is 3.53. The first-order valence-corrected chi connectivity index (χ1v) is 9.41. The van der Waals surface area contributed by atoms with Gasteiger partial charge in [-0.1, -0.05) is 66.4 Å². The Morgan fingerprint density at radius 1 is 1.08 bits per heavy atom. The number of carbonyl (C=O) groups excluding carboxylic acids is 1. The minimum atomic E-state index is 0.0688. The first-order chi connectivity index (χ1) is 12.6. The summed E-state index contributed by atoms with van der Waals surface area (Å²) < 4.78 is 1.94. The van der Waals surface area contributed by atoms with E-state index >= 15 is 0 Å². The second-order valence-corrected chi connectivity index (χ2v) is 7.15. The number of aryl methyl sites for hydroxylation is 1. The van der Waals surface area contributed by atoms with E-state index in [4.69, 9.17) is 0 Å². The van der Waals surface area contributed by atoms with Crippen LogP contribution in [0.2, 0.25) is 0 Å². The molecule has 2 aromatic carbocycles. The van der Waals surface area contributed by atoms with Gasteiger partial charge in [-0.2, -0.15) is 0 Å². The average Bonchev–Trinajstić information content (AvgIpc) is 3.01. The molecule has 6 heteroatoms. The van der Waals surface area contributed by atoms with Crippen molar-refractivity contribution in [2.45, 2.75) is 18.6 Å². The van der Waals surface area contributed by atoms with E-state index < -0.39 is 0 Å². The van der Waals surface area contributed by atoms with Crippen molar-refractivity contribution in [3.8, 4) is 11.4 Å². The Morgan fingerprint density at radius 3 is 2.50 bits per heavy atom. The highest BCUT2D eigenvalue weighted by molar-refractivity contribution is 7.99. The van der Waals surface area contributed by atoms with Crippen molar-refractivity contribution in [2.75, 3.05) is 12.8 Å². The fraction of sp³-hybridized carbons (Fsp3) is 0.250. The zero-order chi connectivity index (χ0) is 18.5. The second kappa shape index (κ2) is 8.19. The summed E-state index contributed by atoms with van der Waals surface area (Å²) in [6.07, 6.45) is 0. The highest BCUT2D eigenvalue weighted by atomic mass is 32.2. The standard InChI is InChI=1S/C20H22N4OS/c1-15-9-7-8-12-17(15)19-21-22-20(24(19)3)26-14-18(25)23(2)13-16-10-5-4-6-11-16/h4-12H,13-14H2,1-3H3. The first kappa shape index (κ1) is 18.2. The van der Waals surface area contributed by atoms with Gasteiger partial charge in [0.1, 0.15) is 0 Å². The zero-order valence-corrected chi connectivity index (χ0v) is 16.0. The van der Waals surface area contributed by atoms with Crippen LogP contribution in [0.3, 0.4) is 0 Å². The SMILES string of the molecule is Cc1ccccc1-c1nnc(SCC(=O)N(C)Cc2ccccc2)n1C. The first-order valence-electron chi connectivity index (χ1n) is 8.42. The van der Waals surface area contributed by atoms with Gasteiger partial charge in [0, 0.05) is 26.2 Å². The highest BCUT2D eigenvalue weighted by Gasteiger charge is 2.15. The lowest BCUT2D eigenvalue weighted by Gasteiger charge is -2.16. The number of rotatable bonds is 6. The molecule has 3 aromatic rings. The van der Waals surface area contributed by atoms with E-state index in [9.17, 15) is 4.79 Å². The summed E-state index contributed by atoms with van der Waals surface area (Å²) in [5, 5.41) is 9.30. The van der Waals surface area contributed by atoms with Crippen molar-refractivity contribution in [1.29, 1.82) is 0 Å². The van der Waals surface area contributed by atoms with Gasteiger partial charge >= 0.3 is 0 Å². The summed E-state index contributed by atoms with van der Waals surface area (Å²) in [5.41, 5.74) is 3.33. The van der Waals surface area contributed by atoms with Crippen molar-refractivity contribution < 1.29 is 4.79 Å². The maximum Gasteiger partial charge on any atom is 0.233 e. The predicted molar refractivity (Wildman–Crippen MR) is 105 cm³/mol. The molecular weight excluding hydrogens is 344 g/mol. The molecule has 26 heavy (non-hydrogen) atoms. The summed E-state index contributed by atoms with van der Waals surface area (Å²) >= 11 is 1.41.